The van der Waals surface area contributed by atoms with Crippen molar-refractivity contribution in [3.8, 4) is 0 Å². The molecule has 0 radical (unpaired) electrons. The smallest absolute Gasteiger partial charge is 0.0547 e. The van der Waals surface area contributed by atoms with Gasteiger partial charge in [-0.05, 0) is 38.1 Å². The zero-order chi connectivity index (χ0) is 8.97. The fourth-order valence-electron chi connectivity index (χ4n) is 1.27. The van der Waals surface area contributed by atoms with Crippen molar-refractivity contribution >= 4 is 0 Å². The van der Waals surface area contributed by atoms with Crippen LogP contribution in [0.25, 0.3) is 0 Å². The van der Waals surface area contributed by atoms with Crippen LogP contribution in [0.3, 0.4) is 0 Å². The van der Waals surface area contributed by atoms with Gasteiger partial charge in [-0.25, -0.2) is 0 Å². The minimum atomic E-state index is 0.874. The van der Waals surface area contributed by atoms with E-state index in [2.05, 4.69) is 36.3 Å². The molecule has 0 unspecified atom stereocenters. The van der Waals surface area contributed by atoms with Gasteiger partial charge in [0.15, 0.2) is 0 Å². The van der Waals surface area contributed by atoms with E-state index in [1.807, 2.05) is 6.92 Å². The Morgan fingerprint density at radius 3 is 2.67 bits per heavy atom. The second-order valence-corrected chi connectivity index (χ2v) is 3.06. The third kappa shape index (κ3) is 2.62. The number of rotatable bonds is 3. The molecular weight excluding hydrogens is 148 g/mol. The molecule has 0 atom stereocenters. The number of nitrogens with one attached hydrogen (secondary N) is 1. The van der Waals surface area contributed by atoms with Crippen LogP contribution in [0.5, 0.6) is 0 Å². The first-order valence-corrected chi connectivity index (χ1v) is 4.37. The standard InChI is InChI=1S/C10H16N2/c1-4-11-7-10-6-8(2)5-9(3)12-10/h5-6,11H,4,7H2,1-3H3. The van der Waals surface area contributed by atoms with Crippen LogP contribution in [0.1, 0.15) is 23.9 Å². The number of nitrogens with zero attached hydrogens (tertiary/aromatic N) is 1. The molecule has 0 bridgehead atoms. The summed E-state index contributed by atoms with van der Waals surface area (Å²) in [7, 11) is 0. The molecule has 0 aliphatic heterocycles. The van der Waals surface area contributed by atoms with E-state index in [1.54, 1.807) is 0 Å². The van der Waals surface area contributed by atoms with E-state index >= 15 is 0 Å². The van der Waals surface area contributed by atoms with Gasteiger partial charge in [-0.1, -0.05) is 6.92 Å². The van der Waals surface area contributed by atoms with E-state index in [0.717, 1.165) is 24.5 Å². The molecule has 0 spiro atoms. The molecule has 1 rings (SSSR count). The molecule has 0 amide bonds. The summed E-state index contributed by atoms with van der Waals surface area (Å²) >= 11 is 0. The molecule has 66 valence electrons. The van der Waals surface area contributed by atoms with Crippen molar-refractivity contribution in [1.29, 1.82) is 0 Å². The van der Waals surface area contributed by atoms with Crippen molar-refractivity contribution in [3.05, 3.63) is 29.1 Å². The van der Waals surface area contributed by atoms with E-state index < -0.39 is 0 Å². The molecule has 2 nitrogen and oxygen atoms in total. The van der Waals surface area contributed by atoms with Gasteiger partial charge < -0.3 is 5.32 Å². The van der Waals surface area contributed by atoms with Crippen LogP contribution in [0.2, 0.25) is 0 Å². The molecule has 0 fully saturated rings. The average Bonchev–Trinajstić information content (AvgIpc) is 1.99. The zero-order valence-corrected chi connectivity index (χ0v) is 8.02. The SMILES string of the molecule is CCNCc1cc(C)cc(C)n1. The fourth-order valence-corrected chi connectivity index (χ4v) is 1.27. The van der Waals surface area contributed by atoms with Crippen LogP contribution in [-0.4, -0.2) is 11.5 Å². The highest BCUT2D eigenvalue weighted by Crippen LogP contribution is 2.03. The lowest BCUT2D eigenvalue weighted by Crippen LogP contribution is -2.13. The first-order chi connectivity index (χ1) is 5.72. The van der Waals surface area contributed by atoms with Crippen molar-refractivity contribution in [1.82, 2.24) is 10.3 Å². The first-order valence-electron chi connectivity index (χ1n) is 4.37. The van der Waals surface area contributed by atoms with E-state index in [-0.39, 0.29) is 0 Å². The Hall–Kier alpha value is -0.890. The maximum absolute atomic E-state index is 4.41. The fraction of sp³-hybridized carbons (Fsp3) is 0.500. The van der Waals surface area contributed by atoms with E-state index in [9.17, 15) is 0 Å². The second kappa shape index (κ2) is 4.21. The summed E-state index contributed by atoms with van der Waals surface area (Å²) in [6, 6.07) is 4.21. The largest absolute Gasteiger partial charge is 0.311 e. The maximum atomic E-state index is 4.41. The minimum Gasteiger partial charge on any atom is -0.311 e. The van der Waals surface area contributed by atoms with Gasteiger partial charge in [0, 0.05) is 12.2 Å². The van der Waals surface area contributed by atoms with Crippen LogP contribution in [-0.2, 0) is 6.54 Å². The van der Waals surface area contributed by atoms with Gasteiger partial charge in [0.25, 0.3) is 0 Å². The van der Waals surface area contributed by atoms with Gasteiger partial charge in [0.2, 0.25) is 0 Å². The monoisotopic (exact) mass is 164 g/mol. The molecular formula is C10H16N2. The van der Waals surface area contributed by atoms with Crippen molar-refractivity contribution < 1.29 is 0 Å². The van der Waals surface area contributed by atoms with Crippen LogP contribution in [0.4, 0.5) is 0 Å². The highest BCUT2D eigenvalue weighted by molar-refractivity contribution is 5.19. The average molecular weight is 164 g/mol. The summed E-state index contributed by atoms with van der Waals surface area (Å²) in [6.07, 6.45) is 0. The van der Waals surface area contributed by atoms with E-state index in [0.29, 0.717) is 0 Å². The Morgan fingerprint density at radius 2 is 2.08 bits per heavy atom. The highest BCUT2D eigenvalue weighted by atomic mass is 14.9. The van der Waals surface area contributed by atoms with Crippen molar-refractivity contribution in [2.45, 2.75) is 27.3 Å². The third-order valence-electron chi connectivity index (χ3n) is 1.71. The molecule has 0 saturated heterocycles. The lowest BCUT2D eigenvalue weighted by molar-refractivity contribution is 0.708. The Morgan fingerprint density at radius 1 is 1.33 bits per heavy atom. The minimum absolute atomic E-state index is 0.874. The molecule has 1 aromatic rings. The van der Waals surface area contributed by atoms with Crippen LogP contribution < -0.4 is 5.32 Å². The molecule has 1 aromatic heterocycles. The summed E-state index contributed by atoms with van der Waals surface area (Å²) in [6.45, 7) is 8.10. The molecule has 1 heterocycles. The zero-order valence-electron chi connectivity index (χ0n) is 8.02. The lowest BCUT2D eigenvalue weighted by atomic mass is 10.2. The number of pyridine rings is 1. The summed E-state index contributed by atoms with van der Waals surface area (Å²) in [5, 5.41) is 3.26. The van der Waals surface area contributed by atoms with Gasteiger partial charge in [-0.2, -0.15) is 0 Å². The van der Waals surface area contributed by atoms with Crippen molar-refractivity contribution in [3.63, 3.8) is 0 Å². The molecule has 1 N–H and O–H groups in total. The van der Waals surface area contributed by atoms with Crippen molar-refractivity contribution in [2.75, 3.05) is 6.54 Å². The normalized spacial score (nSPS) is 10.2. The molecule has 2 heteroatoms. The number of aryl methyl sites for hydroxylation is 2. The molecule has 0 saturated carbocycles. The summed E-state index contributed by atoms with van der Waals surface area (Å²) in [5.74, 6) is 0. The number of hydrogen-bond donors (Lipinski definition) is 1. The molecule has 0 aromatic carbocycles. The van der Waals surface area contributed by atoms with Crippen molar-refractivity contribution in [2.24, 2.45) is 0 Å². The first kappa shape index (κ1) is 9.20. The van der Waals surface area contributed by atoms with Gasteiger partial charge in [0.1, 0.15) is 0 Å². The maximum Gasteiger partial charge on any atom is 0.0547 e. The van der Waals surface area contributed by atoms with Crippen LogP contribution in [0.15, 0.2) is 12.1 Å². The van der Waals surface area contributed by atoms with E-state index in [4.69, 9.17) is 0 Å². The van der Waals surface area contributed by atoms with Gasteiger partial charge >= 0.3 is 0 Å². The summed E-state index contributed by atoms with van der Waals surface area (Å²) < 4.78 is 0. The second-order valence-electron chi connectivity index (χ2n) is 3.06. The summed E-state index contributed by atoms with van der Waals surface area (Å²) in [5.41, 5.74) is 3.52. The molecule has 0 aliphatic rings. The third-order valence-corrected chi connectivity index (χ3v) is 1.71. The van der Waals surface area contributed by atoms with Gasteiger partial charge in [-0.15, -0.1) is 0 Å². The van der Waals surface area contributed by atoms with Crippen LogP contribution >= 0.6 is 0 Å². The van der Waals surface area contributed by atoms with Gasteiger partial charge in [-0.3, -0.25) is 4.98 Å². The van der Waals surface area contributed by atoms with Gasteiger partial charge in [0.05, 0.1) is 5.69 Å². The Labute approximate surface area is 74.0 Å². The predicted molar refractivity (Wildman–Crippen MR) is 51.1 cm³/mol. The van der Waals surface area contributed by atoms with Crippen LogP contribution in [0, 0.1) is 13.8 Å². The Bertz CT molecular complexity index is 236. The lowest BCUT2D eigenvalue weighted by Gasteiger charge is -2.03. The topological polar surface area (TPSA) is 24.9 Å². The molecule has 0 aliphatic carbocycles. The Balaban J connectivity index is 2.72. The Kier molecular flexibility index (Phi) is 3.23. The van der Waals surface area contributed by atoms with E-state index in [1.165, 1.54) is 5.56 Å². The quantitative estimate of drug-likeness (QED) is 0.737. The number of hydrogen-bond acceptors (Lipinski definition) is 2. The molecule has 12 heavy (non-hydrogen) atoms. The summed E-state index contributed by atoms with van der Waals surface area (Å²) in [4.78, 5) is 4.41. The predicted octanol–water partition coefficient (Wildman–Crippen LogP) is 1.81. The highest BCUT2D eigenvalue weighted by Gasteiger charge is 1.95. The number of aromatic nitrogens is 1.